The second-order valence-corrected chi connectivity index (χ2v) is 18.1. The molecule has 0 amide bonds. The van der Waals surface area contributed by atoms with Gasteiger partial charge in [-0.15, -0.1) is 0 Å². The molecular weight excluding hydrogens is 603 g/mol. The molecule has 4 aromatic rings. The summed E-state index contributed by atoms with van der Waals surface area (Å²) in [5.41, 5.74) is 4.68. The quantitative estimate of drug-likeness (QED) is 0.190. The van der Waals surface area contributed by atoms with E-state index in [4.69, 9.17) is 2.51 Å². The van der Waals surface area contributed by atoms with Crippen molar-refractivity contribution in [1.82, 2.24) is 0 Å². The molecule has 5 heteroatoms. The molecule has 0 aliphatic carbocycles. The molecule has 0 atom stereocenters. The maximum absolute atomic E-state index is 13.5. The van der Waals surface area contributed by atoms with Gasteiger partial charge < -0.3 is 0 Å². The molecule has 38 heavy (non-hydrogen) atoms. The molecule has 0 unspecified atom stereocenters. The number of halogens is 1. The first-order valence-electron chi connectivity index (χ1n) is 12.8. The van der Waals surface area contributed by atoms with Gasteiger partial charge in [-0.25, -0.2) is 0 Å². The molecule has 0 bridgehead atoms. The Labute approximate surface area is 236 Å². The Hall–Kier alpha value is -2.48. The summed E-state index contributed by atoms with van der Waals surface area (Å²) in [5.74, 6) is 0. The second kappa shape index (κ2) is 11.3. The van der Waals surface area contributed by atoms with Gasteiger partial charge in [-0.2, -0.15) is 0 Å². The van der Waals surface area contributed by atoms with Crippen LogP contribution in [0.4, 0.5) is 0 Å². The monoisotopic (exact) mass is 640 g/mol. The van der Waals surface area contributed by atoms with Gasteiger partial charge in [0.2, 0.25) is 0 Å². The van der Waals surface area contributed by atoms with Crippen molar-refractivity contribution < 1.29 is 10.9 Å². The van der Waals surface area contributed by atoms with E-state index in [0.29, 0.717) is 0 Å². The van der Waals surface area contributed by atoms with E-state index in [1.165, 1.54) is 16.7 Å². The Kier molecular flexibility index (Phi) is 8.50. The first-order chi connectivity index (χ1) is 17.8. The predicted molar refractivity (Wildman–Crippen MR) is 166 cm³/mol. The van der Waals surface area contributed by atoms with Gasteiger partial charge in [0.15, 0.2) is 0 Å². The van der Waals surface area contributed by atoms with Crippen molar-refractivity contribution >= 4 is 30.4 Å². The van der Waals surface area contributed by atoms with Gasteiger partial charge in [0, 0.05) is 0 Å². The fourth-order valence-electron chi connectivity index (χ4n) is 4.05. The molecule has 200 valence electrons. The molecule has 0 radical (unpaired) electrons. The first-order valence-corrected chi connectivity index (χ1v) is 17.3. The predicted octanol–water partition coefficient (Wildman–Crippen LogP) is 8.74. The van der Waals surface area contributed by atoms with E-state index in [1.807, 2.05) is 54.6 Å². The summed E-state index contributed by atoms with van der Waals surface area (Å²) in [5, 5.41) is 0. The number of hydrogen-bond donors (Lipinski definition) is 0. The molecule has 0 spiro atoms. The van der Waals surface area contributed by atoms with Crippen molar-refractivity contribution in [2.24, 2.45) is 0 Å². The van der Waals surface area contributed by atoms with Crippen molar-refractivity contribution in [3.63, 3.8) is 0 Å². The Morgan fingerprint density at radius 1 is 0.579 bits per heavy atom. The zero-order chi connectivity index (χ0) is 27.6. The molecule has 0 aromatic heterocycles. The van der Waals surface area contributed by atoms with E-state index in [0.717, 1.165) is 19.1 Å². The van der Waals surface area contributed by atoms with Crippen LogP contribution in [0.1, 0.15) is 63.8 Å². The summed E-state index contributed by atoms with van der Waals surface area (Å²) < 4.78 is 35.1. The summed E-state index contributed by atoms with van der Waals surface area (Å²) in [7, 11) is -3.95. The van der Waals surface area contributed by atoms with E-state index in [2.05, 4.69) is 77.9 Å². The number of hydrogen-bond acceptors (Lipinski definition) is 3. The summed E-state index contributed by atoms with van der Waals surface area (Å²) in [6, 6.07) is 33.8. The Balaban J connectivity index is 1.65. The SMILES string of the molecule is CC(C)(C)c1ccc(I(OS(=O)(=O)c2ccc(Cc3ccccc3)cc2)c2ccc(C(C)(C)C)cc2)cc1. The molecule has 0 heterocycles. The molecule has 4 rings (SSSR count). The van der Waals surface area contributed by atoms with Gasteiger partial charge >= 0.3 is 237 Å². The van der Waals surface area contributed by atoms with Gasteiger partial charge in [-0.3, -0.25) is 0 Å². The fourth-order valence-corrected chi connectivity index (χ4v) is 10.9. The van der Waals surface area contributed by atoms with Crippen molar-refractivity contribution in [3.05, 3.63) is 133 Å². The van der Waals surface area contributed by atoms with Gasteiger partial charge in [0.25, 0.3) is 0 Å². The van der Waals surface area contributed by atoms with Crippen LogP contribution in [0.5, 0.6) is 0 Å². The average Bonchev–Trinajstić information content (AvgIpc) is 2.87. The summed E-state index contributed by atoms with van der Waals surface area (Å²) in [4.78, 5) is 0.189. The normalized spacial score (nSPS) is 12.8. The standard InChI is InChI=1S/C33H37IO3S/c1-32(2,3)27-14-18-29(19-15-27)34(30-20-16-28(17-21-30)33(4,5)6)37-38(35,36)31-22-12-26(13-23-31)24-25-10-8-7-9-11-25/h7-23H,24H2,1-6H3. The molecule has 0 aliphatic rings. The summed E-state index contributed by atoms with van der Waals surface area (Å²) >= 11 is -2.78. The zero-order valence-corrected chi connectivity index (χ0v) is 26.0. The van der Waals surface area contributed by atoms with Gasteiger partial charge in [0.1, 0.15) is 0 Å². The van der Waals surface area contributed by atoms with Gasteiger partial charge in [-0.05, 0) is 0 Å². The third kappa shape index (κ3) is 7.13. The first kappa shape index (κ1) is 28.5. The minimum atomic E-state index is -3.95. The van der Waals surface area contributed by atoms with Crippen LogP contribution in [-0.2, 0) is 29.9 Å². The van der Waals surface area contributed by atoms with Crippen LogP contribution < -0.4 is 0 Å². The number of rotatable bonds is 7. The van der Waals surface area contributed by atoms with Crippen LogP contribution in [0.3, 0.4) is 0 Å². The molecule has 0 saturated heterocycles. The molecular formula is C33H37IO3S. The van der Waals surface area contributed by atoms with Gasteiger partial charge in [0.05, 0.1) is 0 Å². The van der Waals surface area contributed by atoms with E-state index >= 15 is 0 Å². The van der Waals surface area contributed by atoms with E-state index in [-0.39, 0.29) is 15.7 Å². The van der Waals surface area contributed by atoms with Crippen LogP contribution in [0.25, 0.3) is 0 Å². The van der Waals surface area contributed by atoms with Crippen molar-refractivity contribution in [1.29, 1.82) is 0 Å². The van der Waals surface area contributed by atoms with E-state index in [1.54, 1.807) is 12.1 Å². The van der Waals surface area contributed by atoms with E-state index in [9.17, 15) is 8.42 Å². The van der Waals surface area contributed by atoms with Crippen molar-refractivity contribution in [2.75, 3.05) is 0 Å². The van der Waals surface area contributed by atoms with Crippen LogP contribution in [0.2, 0.25) is 0 Å². The second-order valence-electron chi connectivity index (χ2n) is 11.6. The van der Waals surface area contributed by atoms with Crippen LogP contribution in [-0.4, -0.2) is 8.42 Å². The molecule has 4 aromatic carbocycles. The van der Waals surface area contributed by atoms with Gasteiger partial charge in [-0.1, -0.05) is 0 Å². The molecule has 0 fully saturated rings. The zero-order valence-electron chi connectivity index (χ0n) is 23.0. The van der Waals surface area contributed by atoms with Crippen molar-refractivity contribution in [3.8, 4) is 0 Å². The Morgan fingerprint density at radius 3 is 1.42 bits per heavy atom. The molecule has 0 aliphatic heterocycles. The minimum absolute atomic E-state index is 0.0142. The molecule has 0 saturated carbocycles. The van der Waals surface area contributed by atoms with Crippen LogP contribution in [0.15, 0.2) is 108 Å². The average molecular weight is 641 g/mol. The maximum atomic E-state index is 13.5. The summed E-state index contributed by atoms with van der Waals surface area (Å²) in [6.45, 7) is 13.0. The molecule has 3 nitrogen and oxygen atoms in total. The van der Waals surface area contributed by atoms with Crippen molar-refractivity contribution in [2.45, 2.75) is 63.7 Å². The third-order valence-corrected chi connectivity index (χ3v) is 13.8. The topological polar surface area (TPSA) is 43.4 Å². The van der Waals surface area contributed by atoms with E-state index < -0.39 is 30.4 Å². The van der Waals surface area contributed by atoms with Crippen LogP contribution in [0, 0.1) is 7.14 Å². The number of benzene rings is 4. The third-order valence-electron chi connectivity index (χ3n) is 6.43. The summed E-state index contributed by atoms with van der Waals surface area (Å²) in [6.07, 6.45) is 0.751. The van der Waals surface area contributed by atoms with Crippen LogP contribution >= 0.6 is 20.2 Å². The Bertz CT molecular complexity index is 1390. The Morgan fingerprint density at radius 2 is 1.00 bits per heavy atom. The fraction of sp³-hybridized carbons (Fsp3) is 0.273. The molecule has 0 N–H and O–H groups in total.